The zero-order valence-electron chi connectivity index (χ0n) is 14.7. The first-order valence-corrected chi connectivity index (χ1v) is 11.1. The Balaban J connectivity index is 2.21. The molecule has 0 saturated carbocycles. The van der Waals surface area contributed by atoms with Gasteiger partial charge in [-0.25, -0.2) is 16.8 Å². The number of hydrogen-bond donors (Lipinski definition) is 1. The van der Waals surface area contributed by atoms with Gasteiger partial charge in [-0.3, -0.25) is 0 Å². The second-order valence-corrected chi connectivity index (χ2v) is 10.1. The molecule has 0 fully saturated rings. The predicted molar refractivity (Wildman–Crippen MR) is 101 cm³/mol. The van der Waals surface area contributed by atoms with E-state index >= 15 is 0 Å². The molecule has 0 unspecified atom stereocenters. The largest absolute Gasteiger partial charge is 0.507 e. The number of hydrogen-bond acceptors (Lipinski definition) is 5. The summed E-state index contributed by atoms with van der Waals surface area (Å²) in [7, 11) is -8.02. The maximum Gasteiger partial charge on any atom is 0.210 e. The Morgan fingerprint density at radius 2 is 1.33 bits per heavy atom. The van der Waals surface area contributed by atoms with Crippen LogP contribution in [0.15, 0.2) is 86.3 Å². The van der Waals surface area contributed by atoms with Crippen molar-refractivity contribution in [3.8, 4) is 5.75 Å². The molecule has 7 heteroatoms. The van der Waals surface area contributed by atoms with E-state index in [1.165, 1.54) is 24.3 Å². The lowest BCUT2D eigenvalue weighted by Gasteiger charge is -2.12. The van der Waals surface area contributed by atoms with Gasteiger partial charge < -0.3 is 5.11 Å². The highest BCUT2D eigenvalue weighted by Crippen LogP contribution is 2.34. The first kappa shape index (κ1) is 19.1. The molecule has 5 nitrogen and oxygen atoms in total. The van der Waals surface area contributed by atoms with Crippen LogP contribution < -0.4 is 0 Å². The van der Waals surface area contributed by atoms with Crippen molar-refractivity contribution in [2.24, 2.45) is 0 Å². The fraction of sp³-hybridized carbons (Fsp3) is 0.100. The number of aromatic hydroxyl groups is 1. The highest BCUT2D eigenvalue weighted by molar-refractivity contribution is 7.92. The molecule has 0 bridgehead atoms. The normalized spacial score (nSPS) is 12.1. The fourth-order valence-electron chi connectivity index (χ4n) is 2.73. The molecule has 3 aromatic rings. The standard InChI is InChI=1S/C20H18O5S2/c1-14-8-9-15(2)19(12-14)27(24,25)20-13-17(10-11-18(20)21)26(22,23)16-6-4-3-5-7-16/h3-13,21H,1-2H3. The fourth-order valence-corrected chi connectivity index (χ4v) is 5.81. The molecule has 1 N–H and O–H groups in total. The van der Waals surface area contributed by atoms with Crippen LogP contribution in [0, 0.1) is 13.8 Å². The zero-order valence-corrected chi connectivity index (χ0v) is 16.4. The van der Waals surface area contributed by atoms with Gasteiger partial charge in [0, 0.05) is 0 Å². The van der Waals surface area contributed by atoms with E-state index in [1.54, 1.807) is 44.2 Å². The van der Waals surface area contributed by atoms with Crippen LogP contribution in [0.3, 0.4) is 0 Å². The van der Waals surface area contributed by atoms with Gasteiger partial charge in [-0.15, -0.1) is 0 Å². The lowest BCUT2D eigenvalue weighted by atomic mass is 10.2. The summed E-state index contributed by atoms with van der Waals surface area (Å²) in [4.78, 5) is -0.554. The second kappa shape index (κ2) is 6.83. The first-order chi connectivity index (χ1) is 12.6. The zero-order chi connectivity index (χ0) is 19.8. The summed E-state index contributed by atoms with van der Waals surface area (Å²) in [6, 6.07) is 16.0. The van der Waals surface area contributed by atoms with E-state index in [0.29, 0.717) is 5.56 Å². The molecule has 3 aromatic carbocycles. The van der Waals surface area contributed by atoms with Crippen LogP contribution in [-0.2, 0) is 19.7 Å². The van der Waals surface area contributed by atoms with Crippen molar-refractivity contribution >= 4 is 19.7 Å². The number of phenolic OH excluding ortho intramolecular Hbond substituents is 1. The van der Waals surface area contributed by atoms with Crippen LogP contribution >= 0.6 is 0 Å². The first-order valence-electron chi connectivity index (χ1n) is 8.09. The summed E-state index contributed by atoms with van der Waals surface area (Å²) < 4.78 is 51.8. The quantitative estimate of drug-likeness (QED) is 0.719. The topological polar surface area (TPSA) is 88.5 Å². The number of sulfone groups is 2. The van der Waals surface area contributed by atoms with Gasteiger partial charge >= 0.3 is 0 Å². The van der Waals surface area contributed by atoms with E-state index in [2.05, 4.69) is 0 Å². The molecule has 0 aliphatic carbocycles. The van der Waals surface area contributed by atoms with Crippen molar-refractivity contribution in [1.29, 1.82) is 0 Å². The van der Waals surface area contributed by atoms with E-state index < -0.39 is 30.3 Å². The summed E-state index contributed by atoms with van der Waals surface area (Å²) in [5, 5.41) is 10.2. The molecular formula is C20H18O5S2. The van der Waals surface area contributed by atoms with Crippen molar-refractivity contribution < 1.29 is 21.9 Å². The molecule has 0 atom stereocenters. The molecule has 0 heterocycles. The van der Waals surface area contributed by atoms with Gasteiger partial charge in [-0.2, -0.15) is 0 Å². The van der Waals surface area contributed by atoms with Crippen molar-refractivity contribution in [3.05, 3.63) is 77.9 Å². The molecule has 0 aliphatic rings. The van der Waals surface area contributed by atoms with Crippen LogP contribution in [-0.4, -0.2) is 21.9 Å². The van der Waals surface area contributed by atoms with Crippen LogP contribution in [0.25, 0.3) is 0 Å². The summed E-state index contributed by atoms with van der Waals surface area (Å²) >= 11 is 0. The van der Waals surface area contributed by atoms with Gasteiger partial charge in [0.2, 0.25) is 19.7 Å². The minimum atomic E-state index is -4.10. The maximum atomic E-state index is 13.1. The average Bonchev–Trinajstić information content (AvgIpc) is 2.64. The van der Waals surface area contributed by atoms with E-state index in [9.17, 15) is 21.9 Å². The van der Waals surface area contributed by atoms with Crippen LogP contribution in [0.4, 0.5) is 0 Å². The van der Waals surface area contributed by atoms with Gasteiger partial charge in [0.25, 0.3) is 0 Å². The summed E-state index contributed by atoms with van der Waals surface area (Å²) in [6.45, 7) is 3.41. The monoisotopic (exact) mass is 402 g/mol. The number of rotatable bonds is 4. The average molecular weight is 402 g/mol. The number of phenols is 1. The summed E-state index contributed by atoms with van der Waals surface area (Å²) in [5.74, 6) is -0.497. The van der Waals surface area contributed by atoms with Crippen molar-refractivity contribution in [2.45, 2.75) is 33.4 Å². The Labute approximate surface area is 158 Å². The lowest BCUT2D eigenvalue weighted by Crippen LogP contribution is -2.08. The lowest BCUT2D eigenvalue weighted by molar-refractivity contribution is 0.458. The minimum absolute atomic E-state index is 0.0343. The number of benzene rings is 3. The third-order valence-electron chi connectivity index (χ3n) is 4.22. The molecule has 140 valence electrons. The van der Waals surface area contributed by atoms with E-state index in [1.807, 2.05) is 0 Å². The molecule has 0 aromatic heterocycles. The van der Waals surface area contributed by atoms with Crippen LogP contribution in [0.1, 0.15) is 11.1 Å². The maximum absolute atomic E-state index is 13.1. The Morgan fingerprint density at radius 3 is 2.00 bits per heavy atom. The van der Waals surface area contributed by atoms with Gasteiger partial charge in [0.1, 0.15) is 10.6 Å². The third-order valence-corrected chi connectivity index (χ3v) is 7.91. The van der Waals surface area contributed by atoms with E-state index in [4.69, 9.17) is 0 Å². The summed E-state index contributed by atoms with van der Waals surface area (Å²) in [6.07, 6.45) is 0. The van der Waals surface area contributed by atoms with Crippen molar-refractivity contribution in [1.82, 2.24) is 0 Å². The second-order valence-electron chi connectivity index (χ2n) is 6.22. The molecule has 0 aliphatic heterocycles. The minimum Gasteiger partial charge on any atom is -0.507 e. The highest BCUT2D eigenvalue weighted by atomic mass is 32.2. The summed E-state index contributed by atoms with van der Waals surface area (Å²) in [5.41, 5.74) is 1.25. The molecule has 27 heavy (non-hydrogen) atoms. The van der Waals surface area contributed by atoms with Crippen LogP contribution in [0.5, 0.6) is 5.75 Å². The SMILES string of the molecule is Cc1ccc(C)c(S(=O)(=O)c2cc(S(=O)(=O)c3ccccc3)ccc2O)c1. The Morgan fingerprint density at radius 1 is 0.667 bits per heavy atom. The van der Waals surface area contributed by atoms with Crippen LogP contribution in [0.2, 0.25) is 0 Å². The Bertz CT molecular complexity index is 1210. The van der Waals surface area contributed by atoms with Gasteiger partial charge in [-0.1, -0.05) is 30.3 Å². The highest BCUT2D eigenvalue weighted by Gasteiger charge is 2.27. The molecular weight excluding hydrogens is 384 g/mol. The predicted octanol–water partition coefficient (Wildman–Crippen LogP) is 3.67. The van der Waals surface area contributed by atoms with E-state index in [0.717, 1.165) is 17.7 Å². The third kappa shape index (κ3) is 3.48. The Hall–Kier alpha value is -2.64. The van der Waals surface area contributed by atoms with Gasteiger partial charge in [-0.05, 0) is 61.4 Å². The molecule has 0 saturated heterocycles. The van der Waals surface area contributed by atoms with Gasteiger partial charge in [0.15, 0.2) is 0 Å². The molecule has 0 radical (unpaired) electrons. The van der Waals surface area contributed by atoms with Gasteiger partial charge in [0.05, 0.1) is 14.7 Å². The van der Waals surface area contributed by atoms with Crippen molar-refractivity contribution in [2.75, 3.05) is 0 Å². The molecule has 3 rings (SSSR count). The smallest absolute Gasteiger partial charge is 0.210 e. The number of aryl methyl sites for hydroxylation is 2. The molecule has 0 spiro atoms. The van der Waals surface area contributed by atoms with E-state index in [-0.39, 0.29) is 14.7 Å². The molecule has 0 amide bonds. The Kier molecular flexibility index (Phi) is 4.84. The van der Waals surface area contributed by atoms with Crippen molar-refractivity contribution in [3.63, 3.8) is 0 Å².